The SMILES string of the molecule is Cc1nn(C)c(C)c1CC(N)c1nccn1C. The Bertz CT molecular complexity index is 523. The van der Waals surface area contributed by atoms with Gasteiger partial charge in [0.25, 0.3) is 0 Å². The fraction of sp³-hybridized carbons (Fsp3) is 0.500. The van der Waals surface area contributed by atoms with Crippen molar-refractivity contribution in [2.75, 3.05) is 0 Å². The Morgan fingerprint density at radius 1 is 1.35 bits per heavy atom. The van der Waals surface area contributed by atoms with Gasteiger partial charge in [0.05, 0.1) is 11.7 Å². The summed E-state index contributed by atoms with van der Waals surface area (Å²) in [7, 11) is 3.92. The van der Waals surface area contributed by atoms with Gasteiger partial charge in [-0.3, -0.25) is 4.68 Å². The van der Waals surface area contributed by atoms with Crippen LogP contribution < -0.4 is 5.73 Å². The molecule has 2 aromatic rings. The number of hydrogen-bond acceptors (Lipinski definition) is 3. The molecule has 5 heteroatoms. The summed E-state index contributed by atoms with van der Waals surface area (Å²) in [6, 6.07) is -0.0865. The lowest BCUT2D eigenvalue weighted by atomic mass is 10.0. The zero-order chi connectivity index (χ0) is 12.6. The predicted octanol–water partition coefficient (Wildman–Crippen LogP) is 1.01. The smallest absolute Gasteiger partial charge is 0.125 e. The summed E-state index contributed by atoms with van der Waals surface area (Å²) >= 11 is 0. The molecular formula is C12H19N5. The maximum Gasteiger partial charge on any atom is 0.125 e. The quantitative estimate of drug-likeness (QED) is 0.860. The first-order chi connectivity index (χ1) is 8.00. The molecule has 2 rings (SSSR count). The highest BCUT2D eigenvalue weighted by Gasteiger charge is 2.17. The molecule has 2 aromatic heterocycles. The van der Waals surface area contributed by atoms with E-state index in [9.17, 15) is 0 Å². The van der Waals surface area contributed by atoms with Gasteiger partial charge >= 0.3 is 0 Å². The van der Waals surface area contributed by atoms with Gasteiger partial charge in [-0.15, -0.1) is 0 Å². The van der Waals surface area contributed by atoms with Gasteiger partial charge < -0.3 is 10.3 Å². The zero-order valence-corrected chi connectivity index (χ0v) is 10.8. The molecule has 92 valence electrons. The third-order valence-corrected chi connectivity index (χ3v) is 3.27. The molecule has 0 aliphatic rings. The second-order valence-corrected chi connectivity index (χ2v) is 4.48. The Labute approximate surface area is 101 Å². The Hall–Kier alpha value is -1.62. The number of aromatic nitrogens is 4. The van der Waals surface area contributed by atoms with Gasteiger partial charge in [-0.25, -0.2) is 4.98 Å². The lowest BCUT2D eigenvalue weighted by molar-refractivity contribution is 0.628. The first-order valence-electron chi connectivity index (χ1n) is 5.72. The number of rotatable bonds is 3. The van der Waals surface area contributed by atoms with Crippen molar-refractivity contribution in [3.8, 4) is 0 Å². The van der Waals surface area contributed by atoms with Crippen LogP contribution in [0.4, 0.5) is 0 Å². The van der Waals surface area contributed by atoms with E-state index in [1.54, 1.807) is 6.20 Å². The molecule has 0 bridgehead atoms. The van der Waals surface area contributed by atoms with Crippen LogP contribution in [-0.2, 0) is 20.5 Å². The van der Waals surface area contributed by atoms with Crippen molar-refractivity contribution in [1.82, 2.24) is 19.3 Å². The Morgan fingerprint density at radius 2 is 2.06 bits per heavy atom. The van der Waals surface area contributed by atoms with Crippen LogP contribution in [0, 0.1) is 13.8 Å². The molecule has 0 saturated heterocycles. The molecule has 2 N–H and O–H groups in total. The fourth-order valence-corrected chi connectivity index (χ4v) is 2.16. The number of aryl methyl sites for hydroxylation is 3. The van der Waals surface area contributed by atoms with Crippen LogP contribution in [0.25, 0.3) is 0 Å². The molecular weight excluding hydrogens is 214 g/mol. The summed E-state index contributed by atoms with van der Waals surface area (Å²) in [4.78, 5) is 4.29. The van der Waals surface area contributed by atoms with Crippen molar-refractivity contribution >= 4 is 0 Å². The summed E-state index contributed by atoms with van der Waals surface area (Å²) in [5.41, 5.74) is 9.65. The van der Waals surface area contributed by atoms with Crippen LogP contribution in [0.2, 0.25) is 0 Å². The molecule has 0 spiro atoms. The third kappa shape index (κ3) is 2.10. The average molecular weight is 233 g/mol. The Kier molecular flexibility index (Phi) is 3.02. The first-order valence-corrected chi connectivity index (χ1v) is 5.72. The lowest BCUT2D eigenvalue weighted by Crippen LogP contribution is -2.18. The van der Waals surface area contributed by atoms with E-state index in [0.29, 0.717) is 0 Å². The second kappa shape index (κ2) is 4.33. The second-order valence-electron chi connectivity index (χ2n) is 4.48. The summed E-state index contributed by atoms with van der Waals surface area (Å²) in [6.07, 6.45) is 4.46. The highest BCUT2D eigenvalue weighted by molar-refractivity contribution is 5.26. The molecule has 0 radical (unpaired) electrons. The average Bonchev–Trinajstić information content (AvgIpc) is 2.78. The van der Waals surface area contributed by atoms with E-state index in [0.717, 1.165) is 17.9 Å². The summed E-state index contributed by atoms with van der Waals surface area (Å²) in [5.74, 6) is 0.910. The standard InChI is InChI=1S/C12H19N5/c1-8-10(9(2)17(4)15-8)7-11(13)12-14-5-6-16(12)3/h5-6,11H,7,13H2,1-4H3. The largest absolute Gasteiger partial charge is 0.337 e. The number of imidazole rings is 1. The molecule has 0 aliphatic heterocycles. The highest BCUT2D eigenvalue weighted by Crippen LogP contribution is 2.19. The maximum absolute atomic E-state index is 6.20. The van der Waals surface area contributed by atoms with Gasteiger partial charge in [0, 0.05) is 32.2 Å². The van der Waals surface area contributed by atoms with E-state index in [1.165, 1.54) is 11.3 Å². The number of nitrogens with two attached hydrogens (primary N) is 1. The van der Waals surface area contributed by atoms with Crippen LogP contribution in [0.1, 0.15) is 28.8 Å². The third-order valence-electron chi connectivity index (χ3n) is 3.27. The maximum atomic E-state index is 6.20. The minimum absolute atomic E-state index is 0.0865. The van der Waals surface area contributed by atoms with Gasteiger partial charge in [0.15, 0.2) is 0 Å². The lowest BCUT2D eigenvalue weighted by Gasteiger charge is -2.11. The molecule has 0 saturated carbocycles. The van der Waals surface area contributed by atoms with Crippen molar-refractivity contribution in [2.24, 2.45) is 19.8 Å². The van der Waals surface area contributed by atoms with Gasteiger partial charge in [0.1, 0.15) is 5.82 Å². The van der Waals surface area contributed by atoms with Crippen molar-refractivity contribution < 1.29 is 0 Å². The predicted molar refractivity (Wildman–Crippen MR) is 66.5 cm³/mol. The van der Waals surface area contributed by atoms with E-state index in [2.05, 4.69) is 17.0 Å². The monoisotopic (exact) mass is 233 g/mol. The van der Waals surface area contributed by atoms with Gasteiger partial charge in [-0.2, -0.15) is 5.10 Å². The topological polar surface area (TPSA) is 61.7 Å². The molecule has 2 heterocycles. The van der Waals surface area contributed by atoms with E-state index in [4.69, 9.17) is 5.73 Å². The van der Waals surface area contributed by atoms with Crippen molar-refractivity contribution in [1.29, 1.82) is 0 Å². The van der Waals surface area contributed by atoms with Crippen molar-refractivity contribution in [3.63, 3.8) is 0 Å². The molecule has 0 amide bonds. The van der Waals surface area contributed by atoms with Crippen LogP contribution in [0.5, 0.6) is 0 Å². The van der Waals surface area contributed by atoms with Gasteiger partial charge in [-0.1, -0.05) is 0 Å². The summed E-state index contributed by atoms with van der Waals surface area (Å²) in [6.45, 7) is 4.09. The Morgan fingerprint density at radius 3 is 2.53 bits per heavy atom. The van der Waals surface area contributed by atoms with Crippen LogP contribution >= 0.6 is 0 Å². The number of nitrogens with zero attached hydrogens (tertiary/aromatic N) is 4. The zero-order valence-electron chi connectivity index (χ0n) is 10.8. The van der Waals surface area contributed by atoms with E-state index >= 15 is 0 Å². The van der Waals surface area contributed by atoms with Crippen LogP contribution in [0.3, 0.4) is 0 Å². The van der Waals surface area contributed by atoms with Crippen molar-refractivity contribution in [2.45, 2.75) is 26.3 Å². The molecule has 0 aliphatic carbocycles. The first kappa shape index (κ1) is 11.9. The van der Waals surface area contributed by atoms with Crippen molar-refractivity contribution in [3.05, 3.63) is 35.2 Å². The molecule has 1 atom stereocenters. The molecule has 5 nitrogen and oxygen atoms in total. The number of hydrogen-bond donors (Lipinski definition) is 1. The van der Waals surface area contributed by atoms with Gasteiger partial charge in [0.2, 0.25) is 0 Å². The molecule has 0 fully saturated rings. The van der Waals surface area contributed by atoms with Gasteiger partial charge in [-0.05, 0) is 25.8 Å². The Balaban J connectivity index is 2.24. The van der Waals surface area contributed by atoms with E-state index in [-0.39, 0.29) is 6.04 Å². The van der Waals surface area contributed by atoms with E-state index in [1.807, 2.05) is 36.5 Å². The van der Waals surface area contributed by atoms with Crippen LogP contribution in [0.15, 0.2) is 12.4 Å². The van der Waals surface area contributed by atoms with Crippen LogP contribution in [-0.4, -0.2) is 19.3 Å². The minimum atomic E-state index is -0.0865. The molecule has 1 unspecified atom stereocenters. The summed E-state index contributed by atoms with van der Waals surface area (Å²) < 4.78 is 3.86. The fourth-order valence-electron chi connectivity index (χ4n) is 2.16. The highest BCUT2D eigenvalue weighted by atomic mass is 15.3. The normalized spacial score (nSPS) is 13.0. The summed E-state index contributed by atoms with van der Waals surface area (Å²) in [5, 5.41) is 4.40. The van der Waals surface area contributed by atoms with E-state index < -0.39 is 0 Å². The molecule has 17 heavy (non-hydrogen) atoms. The minimum Gasteiger partial charge on any atom is -0.337 e. The molecule has 0 aromatic carbocycles.